The molecule has 2 aromatic carbocycles. The normalized spacial score (nSPS) is 19.3. The van der Waals surface area contributed by atoms with Crippen molar-refractivity contribution in [2.45, 2.75) is 10.9 Å². The highest BCUT2D eigenvalue weighted by Crippen LogP contribution is 2.29. The van der Waals surface area contributed by atoms with E-state index < -0.39 is 10.0 Å². The first-order valence-electron chi connectivity index (χ1n) is 13.2. The van der Waals surface area contributed by atoms with E-state index in [1.807, 2.05) is 56.6 Å². The van der Waals surface area contributed by atoms with Gasteiger partial charge < -0.3 is 15.0 Å². The molecule has 4 aromatic rings. The van der Waals surface area contributed by atoms with Crippen molar-refractivity contribution >= 4 is 33.1 Å². The number of carbonyl (C=O) groups excluding carboxylic acids is 1. The fraction of sp³-hybridized carbons (Fsp3) is 0.321. The fourth-order valence-electron chi connectivity index (χ4n) is 5.19. The van der Waals surface area contributed by atoms with Crippen molar-refractivity contribution in [3.05, 3.63) is 72.4 Å². The van der Waals surface area contributed by atoms with Gasteiger partial charge in [-0.05, 0) is 49.0 Å². The SMILES string of the molecule is CN1CCN(C)C(c2cccc(Nc3ncc4ccc(-c5cccc(S(=O)(=O)N6CCOCC6)c5)n4n3)c2)C1=O. The van der Waals surface area contributed by atoms with E-state index in [1.165, 1.54) is 4.31 Å². The highest BCUT2D eigenvalue weighted by Gasteiger charge is 2.32. The van der Waals surface area contributed by atoms with Crippen LogP contribution in [0.5, 0.6) is 0 Å². The van der Waals surface area contributed by atoms with Crippen molar-refractivity contribution in [1.82, 2.24) is 28.7 Å². The summed E-state index contributed by atoms with van der Waals surface area (Å²) in [6.45, 7) is 2.97. The number of morpholine rings is 1. The van der Waals surface area contributed by atoms with Crippen molar-refractivity contribution in [3.63, 3.8) is 0 Å². The van der Waals surface area contributed by atoms with Crippen LogP contribution in [0.15, 0.2) is 71.8 Å². The van der Waals surface area contributed by atoms with Crippen LogP contribution in [0.4, 0.5) is 11.6 Å². The maximum atomic E-state index is 13.2. The Morgan fingerprint density at radius 3 is 2.58 bits per heavy atom. The number of nitrogens with one attached hydrogen (secondary N) is 1. The molecule has 2 saturated heterocycles. The summed E-state index contributed by atoms with van der Waals surface area (Å²) in [5.41, 5.74) is 3.89. The van der Waals surface area contributed by atoms with Crippen LogP contribution in [0.25, 0.3) is 16.8 Å². The van der Waals surface area contributed by atoms with Gasteiger partial charge in [-0.2, -0.15) is 4.31 Å². The summed E-state index contributed by atoms with van der Waals surface area (Å²) < 4.78 is 35.0. The average molecular weight is 562 g/mol. The molecule has 12 heteroatoms. The molecule has 40 heavy (non-hydrogen) atoms. The number of likely N-dealkylation sites (N-methyl/N-ethyl adjacent to an activating group) is 2. The van der Waals surface area contributed by atoms with Gasteiger partial charge in [-0.25, -0.2) is 17.9 Å². The molecule has 1 amide bonds. The standard InChI is InChI=1S/C28H31N7O4S/c1-32-11-12-33(2)27(36)26(32)21-6-3-7-22(17-21)30-28-29-19-23-9-10-25(35(23)31-28)20-5-4-8-24(18-20)40(37,38)34-13-15-39-16-14-34/h3-10,17-19,26H,11-16H2,1-2H3,(H,30,31). The summed E-state index contributed by atoms with van der Waals surface area (Å²) in [6, 6.07) is 18.1. The Morgan fingerprint density at radius 1 is 0.950 bits per heavy atom. The number of hydrogen-bond donors (Lipinski definition) is 1. The third-order valence-corrected chi connectivity index (χ3v) is 9.33. The molecule has 2 aromatic heterocycles. The van der Waals surface area contributed by atoms with Crippen LogP contribution in [-0.4, -0.2) is 96.5 Å². The summed E-state index contributed by atoms with van der Waals surface area (Å²) >= 11 is 0. The number of nitrogens with zero attached hydrogens (tertiary/aromatic N) is 6. The zero-order valence-corrected chi connectivity index (χ0v) is 23.2. The lowest BCUT2D eigenvalue weighted by atomic mass is 10.0. The van der Waals surface area contributed by atoms with Gasteiger partial charge >= 0.3 is 0 Å². The number of piperazine rings is 1. The van der Waals surface area contributed by atoms with Gasteiger partial charge in [0, 0.05) is 44.5 Å². The first-order valence-corrected chi connectivity index (χ1v) is 14.6. The Labute approximate surface area is 233 Å². The molecule has 1 unspecified atom stereocenters. The Morgan fingerprint density at radius 2 is 1.75 bits per heavy atom. The first kappa shape index (κ1) is 26.4. The lowest BCUT2D eigenvalue weighted by Gasteiger charge is -2.37. The molecule has 4 heterocycles. The Hall–Kier alpha value is -3.84. The molecular formula is C28H31N7O4S. The minimum absolute atomic E-state index is 0.0680. The van der Waals surface area contributed by atoms with Crippen molar-refractivity contribution in [2.75, 3.05) is 58.8 Å². The molecular weight excluding hydrogens is 530 g/mol. The third-order valence-electron chi connectivity index (χ3n) is 7.43. The van der Waals surface area contributed by atoms with Gasteiger partial charge in [0.2, 0.25) is 21.9 Å². The van der Waals surface area contributed by atoms with Crippen LogP contribution >= 0.6 is 0 Å². The maximum absolute atomic E-state index is 13.2. The zero-order chi connectivity index (χ0) is 27.9. The number of carbonyl (C=O) groups is 1. The van der Waals surface area contributed by atoms with E-state index in [0.717, 1.165) is 34.6 Å². The van der Waals surface area contributed by atoms with E-state index in [1.54, 1.807) is 33.8 Å². The summed E-state index contributed by atoms with van der Waals surface area (Å²) in [5, 5.41) is 7.97. The number of aromatic nitrogens is 3. The van der Waals surface area contributed by atoms with E-state index in [0.29, 0.717) is 38.8 Å². The molecule has 11 nitrogen and oxygen atoms in total. The van der Waals surface area contributed by atoms with Crippen LogP contribution in [0.2, 0.25) is 0 Å². The van der Waals surface area contributed by atoms with Gasteiger partial charge in [0.05, 0.1) is 35.5 Å². The molecule has 2 aliphatic rings. The summed E-state index contributed by atoms with van der Waals surface area (Å²) in [6.07, 6.45) is 1.71. The van der Waals surface area contributed by atoms with Crippen LogP contribution in [0, 0.1) is 0 Å². The molecule has 0 aliphatic carbocycles. The average Bonchev–Trinajstić information content (AvgIpc) is 3.39. The van der Waals surface area contributed by atoms with E-state index >= 15 is 0 Å². The number of hydrogen-bond acceptors (Lipinski definition) is 8. The summed E-state index contributed by atoms with van der Waals surface area (Å²) in [5.74, 6) is 0.443. The van der Waals surface area contributed by atoms with E-state index in [9.17, 15) is 13.2 Å². The van der Waals surface area contributed by atoms with E-state index in [-0.39, 0.29) is 16.8 Å². The van der Waals surface area contributed by atoms with Gasteiger partial charge in [-0.1, -0.05) is 24.3 Å². The molecule has 208 valence electrons. The first-order chi connectivity index (χ1) is 19.3. The number of rotatable bonds is 6. The molecule has 6 rings (SSSR count). The number of anilines is 2. The van der Waals surface area contributed by atoms with Gasteiger partial charge in [0.1, 0.15) is 6.04 Å². The van der Waals surface area contributed by atoms with Gasteiger partial charge in [0.25, 0.3) is 0 Å². The van der Waals surface area contributed by atoms with Crippen LogP contribution < -0.4 is 5.32 Å². The predicted octanol–water partition coefficient (Wildman–Crippen LogP) is 2.61. The quantitative estimate of drug-likeness (QED) is 0.382. The molecule has 1 N–H and O–H groups in total. The van der Waals surface area contributed by atoms with Gasteiger partial charge in [-0.15, -0.1) is 5.10 Å². The van der Waals surface area contributed by atoms with Crippen molar-refractivity contribution in [2.24, 2.45) is 0 Å². The number of ether oxygens (including phenoxy) is 1. The maximum Gasteiger partial charge on any atom is 0.245 e. The molecule has 0 spiro atoms. The van der Waals surface area contributed by atoms with Crippen LogP contribution in [-0.2, 0) is 19.6 Å². The number of fused-ring (bicyclic) bond motifs is 1. The molecule has 2 aliphatic heterocycles. The van der Waals surface area contributed by atoms with E-state index in [4.69, 9.17) is 9.84 Å². The zero-order valence-electron chi connectivity index (χ0n) is 22.4. The van der Waals surface area contributed by atoms with Crippen LogP contribution in [0.3, 0.4) is 0 Å². The molecule has 0 radical (unpaired) electrons. The number of benzene rings is 2. The second-order valence-electron chi connectivity index (χ2n) is 10.1. The topological polar surface area (TPSA) is 112 Å². The second kappa shape index (κ2) is 10.6. The molecule has 1 atom stereocenters. The number of amides is 1. The smallest absolute Gasteiger partial charge is 0.245 e. The lowest BCUT2D eigenvalue weighted by molar-refractivity contribution is -0.139. The molecule has 2 fully saturated rings. The van der Waals surface area contributed by atoms with Crippen molar-refractivity contribution in [3.8, 4) is 11.3 Å². The predicted molar refractivity (Wildman–Crippen MR) is 151 cm³/mol. The third kappa shape index (κ3) is 4.94. The molecule has 0 bridgehead atoms. The van der Waals surface area contributed by atoms with Crippen molar-refractivity contribution in [1.29, 1.82) is 0 Å². The van der Waals surface area contributed by atoms with E-state index in [2.05, 4.69) is 15.2 Å². The monoisotopic (exact) mass is 561 g/mol. The van der Waals surface area contributed by atoms with Crippen LogP contribution in [0.1, 0.15) is 11.6 Å². The Kier molecular flexibility index (Phi) is 7.00. The van der Waals surface area contributed by atoms with Gasteiger partial charge in [-0.3, -0.25) is 9.69 Å². The largest absolute Gasteiger partial charge is 0.379 e. The van der Waals surface area contributed by atoms with Crippen molar-refractivity contribution < 1.29 is 17.9 Å². The lowest BCUT2D eigenvalue weighted by Crippen LogP contribution is -2.48. The molecule has 0 saturated carbocycles. The minimum Gasteiger partial charge on any atom is -0.379 e. The Bertz CT molecular complexity index is 1670. The summed E-state index contributed by atoms with van der Waals surface area (Å²) in [4.78, 5) is 21.4. The van der Waals surface area contributed by atoms with Gasteiger partial charge in [0.15, 0.2) is 0 Å². The highest BCUT2D eigenvalue weighted by atomic mass is 32.2. The fourth-order valence-corrected chi connectivity index (χ4v) is 6.64. The highest BCUT2D eigenvalue weighted by molar-refractivity contribution is 7.89. The summed E-state index contributed by atoms with van der Waals surface area (Å²) in [7, 11) is 0.155. The number of sulfonamides is 1. The Balaban J connectivity index is 1.29. The second-order valence-corrected chi connectivity index (χ2v) is 12.0. The minimum atomic E-state index is -3.63.